The predicted molar refractivity (Wildman–Crippen MR) is 67.1 cm³/mol. The van der Waals surface area contributed by atoms with Crippen LogP contribution in [0.4, 0.5) is 8.78 Å². The number of nitrogens with one attached hydrogen (secondary N) is 1. The van der Waals surface area contributed by atoms with E-state index in [-0.39, 0.29) is 32.1 Å². The van der Waals surface area contributed by atoms with Gasteiger partial charge in [-0.05, 0) is 12.1 Å². The SMILES string of the molecule is O=C(c1ccccc1)N1CC2CNCC(C1)C2(F)F. The quantitative estimate of drug-likeness (QED) is 0.837. The first-order chi connectivity index (χ1) is 9.09. The van der Waals surface area contributed by atoms with Gasteiger partial charge in [0.25, 0.3) is 11.8 Å². The molecule has 2 unspecified atom stereocenters. The van der Waals surface area contributed by atoms with E-state index >= 15 is 0 Å². The van der Waals surface area contributed by atoms with Crippen LogP contribution in [0.3, 0.4) is 0 Å². The predicted octanol–water partition coefficient (Wildman–Crippen LogP) is 1.61. The fourth-order valence-electron chi connectivity index (χ4n) is 2.95. The van der Waals surface area contributed by atoms with E-state index < -0.39 is 17.8 Å². The largest absolute Gasteiger partial charge is 0.338 e. The molecule has 19 heavy (non-hydrogen) atoms. The van der Waals surface area contributed by atoms with Crippen LogP contribution >= 0.6 is 0 Å². The van der Waals surface area contributed by atoms with Crippen LogP contribution in [-0.2, 0) is 0 Å². The fraction of sp³-hybridized carbons (Fsp3) is 0.500. The molecule has 2 heterocycles. The van der Waals surface area contributed by atoms with E-state index in [4.69, 9.17) is 0 Å². The van der Waals surface area contributed by atoms with Gasteiger partial charge >= 0.3 is 0 Å². The molecule has 2 bridgehead atoms. The van der Waals surface area contributed by atoms with Crippen molar-refractivity contribution in [2.24, 2.45) is 11.8 Å². The molecule has 2 saturated heterocycles. The summed E-state index contributed by atoms with van der Waals surface area (Å²) in [6, 6.07) is 8.86. The van der Waals surface area contributed by atoms with E-state index in [1.807, 2.05) is 6.07 Å². The van der Waals surface area contributed by atoms with Gasteiger partial charge in [0.05, 0.1) is 11.8 Å². The molecule has 5 heteroatoms. The van der Waals surface area contributed by atoms with Crippen LogP contribution in [0.25, 0.3) is 0 Å². The lowest BCUT2D eigenvalue weighted by Crippen LogP contribution is -2.63. The monoisotopic (exact) mass is 266 g/mol. The highest BCUT2D eigenvalue weighted by Gasteiger charge is 2.54. The van der Waals surface area contributed by atoms with E-state index in [0.29, 0.717) is 5.56 Å². The Bertz CT molecular complexity index is 462. The van der Waals surface area contributed by atoms with Crippen LogP contribution in [0.2, 0.25) is 0 Å². The van der Waals surface area contributed by atoms with Gasteiger partial charge in [-0.3, -0.25) is 4.79 Å². The second-order valence-electron chi connectivity index (χ2n) is 5.30. The maximum absolute atomic E-state index is 14.0. The van der Waals surface area contributed by atoms with Crippen molar-refractivity contribution in [2.45, 2.75) is 5.92 Å². The molecule has 1 aromatic carbocycles. The van der Waals surface area contributed by atoms with Gasteiger partial charge in [0, 0.05) is 31.7 Å². The van der Waals surface area contributed by atoms with Crippen molar-refractivity contribution < 1.29 is 13.6 Å². The molecule has 0 saturated carbocycles. The molecule has 2 fully saturated rings. The normalized spacial score (nSPS) is 29.1. The van der Waals surface area contributed by atoms with E-state index in [2.05, 4.69) is 5.32 Å². The number of fused-ring (bicyclic) bond motifs is 2. The molecule has 102 valence electrons. The molecule has 1 amide bonds. The Morgan fingerprint density at radius 2 is 1.74 bits per heavy atom. The third-order valence-electron chi connectivity index (χ3n) is 4.06. The van der Waals surface area contributed by atoms with Gasteiger partial charge in [0.1, 0.15) is 0 Å². The summed E-state index contributed by atoms with van der Waals surface area (Å²) in [6.45, 7) is 0.818. The molecule has 2 aliphatic heterocycles. The van der Waals surface area contributed by atoms with Crippen molar-refractivity contribution in [1.29, 1.82) is 0 Å². The third-order valence-corrected chi connectivity index (χ3v) is 4.06. The number of hydrogen-bond donors (Lipinski definition) is 1. The zero-order valence-electron chi connectivity index (χ0n) is 10.5. The number of carbonyl (C=O) groups is 1. The second kappa shape index (κ2) is 4.56. The summed E-state index contributed by atoms with van der Waals surface area (Å²) >= 11 is 0. The lowest BCUT2D eigenvalue weighted by molar-refractivity contribution is -0.156. The number of alkyl halides is 2. The minimum absolute atomic E-state index is 0.129. The minimum atomic E-state index is -2.65. The standard InChI is InChI=1S/C14H16F2N2O/c15-14(16)11-6-17-7-12(14)9-18(8-11)13(19)10-4-2-1-3-5-10/h1-5,11-12,17H,6-9H2. The molecular formula is C14H16F2N2O. The lowest BCUT2D eigenvalue weighted by Gasteiger charge is -2.47. The van der Waals surface area contributed by atoms with Gasteiger partial charge in [-0.2, -0.15) is 0 Å². The molecule has 0 aliphatic carbocycles. The topological polar surface area (TPSA) is 32.3 Å². The van der Waals surface area contributed by atoms with Gasteiger partial charge in [-0.25, -0.2) is 8.78 Å². The number of piperidine rings is 2. The Morgan fingerprint density at radius 3 is 2.32 bits per heavy atom. The number of amides is 1. The van der Waals surface area contributed by atoms with Crippen LogP contribution < -0.4 is 5.32 Å². The van der Waals surface area contributed by atoms with Crippen molar-refractivity contribution in [1.82, 2.24) is 10.2 Å². The molecule has 2 aliphatic rings. The summed E-state index contributed by atoms with van der Waals surface area (Å²) in [5.74, 6) is -4.34. The van der Waals surface area contributed by atoms with Crippen molar-refractivity contribution >= 4 is 5.91 Å². The summed E-state index contributed by atoms with van der Waals surface area (Å²) in [7, 11) is 0. The number of nitrogens with zero attached hydrogens (tertiary/aromatic N) is 1. The van der Waals surface area contributed by atoms with Crippen LogP contribution in [-0.4, -0.2) is 42.9 Å². The van der Waals surface area contributed by atoms with E-state index in [9.17, 15) is 13.6 Å². The van der Waals surface area contributed by atoms with E-state index in [1.165, 1.54) is 0 Å². The molecule has 0 radical (unpaired) electrons. The molecule has 3 rings (SSSR count). The Hall–Kier alpha value is -1.49. The van der Waals surface area contributed by atoms with Crippen LogP contribution in [0, 0.1) is 11.8 Å². The molecule has 3 nitrogen and oxygen atoms in total. The Kier molecular flexibility index (Phi) is 3.01. The highest BCUT2D eigenvalue weighted by atomic mass is 19.3. The minimum Gasteiger partial charge on any atom is -0.338 e. The number of hydrogen-bond acceptors (Lipinski definition) is 2. The highest BCUT2D eigenvalue weighted by Crippen LogP contribution is 2.40. The molecule has 2 atom stereocenters. The molecular weight excluding hydrogens is 250 g/mol. The summed E-state index contributed by atoms with van der Waals surface area (Å²) in [5.41, 5.74) is 0.568. The number of benzene rings is 1. The van der Waals surface area contributed by atoms with E-state index in [0.717, 1.165) is 0 Å². The zero-order valence-corrected chi connectivity index (χ0v) is 10.5. The molecule has 1 N–H and O–H groups in total. The van der Waals surface area contributed by atoms with E-state index in [1.54, 1.807) is 29.2 Å². The summed E-state index contributed by atoms with van der Waals surface area (Å²) < 4.78 is 28.0. The van der Waals surface area contributed by atoms with Crippen molar-refractivity contribution in [3.8, 4) is 0 Å². The first kappa shape index (κ1) is 12.5. The first-order valence-corrected chi connectivity index (χ1v) is 6.52. The average Bonchev–Trinajstić information content (AvgIpc) is 2.37. The number of carbonyl (C=O) groups excluding carboxylic acids is 1. The van der Waals surface area contributed by atoms with Crippen molar-refractivity contribution in [3.63, 3.8) is 0 Å². The maximum Gasteiger partial charge on any atom is 0.259 e. The first-order valence-electron chi connectivity index (χ1n) is 6.52. The average molecular weight is 266 g/mol. The smallest absolute Gasteiger partial charge is 0.259 e. The van der Waals surface area contributed by atoms with Crippen molar-refractivity contribution in [2.75, 3.05) is 26.2 Å². The third kappa shape index (κ3) is 2.12. The maximum atomic E-state index is 14.0. The van der Waals surface area contributed by atoms with Gasteiger partial charge in [0.2, 0.25) is 0 Å². The molecule has 0 spiro atoms. The van der Waals surface area contributed by atoms with Gasteiger partial charge in [0.15, 0.2) is 0 Å². The zero-order chi connectivity index (χ0) is 13.5. The highest BCUT2D eigenvalue weighted by molar-refractivity contribution is 5.94. The second-order valence-corrected chi connectivity index (χ2v) is 5.30. The number of likely N-dealkylation sites (tertiary alicyclic amines) is 1. The summed E-state index contributed by atoms with van der Waals surface area (Å²) in [5, 5.41) is 3.02. The number of rotatable bonds is 1. The molecule has 0 aromatic heterocycles. The van der Waals surface area contributed by atoms with Gasteiger partial charge < -0.3 is 10.2 Å². The summed E-state index contributed by atoms with van der Waals surface area (Å²) in [4.78, 5) is 13.9. The van der Waals surface area contributed by atoms with Crippen LogP contribution in [0.1, 0.15) is 10.4 Å². The van der Waals surface area contributed by atoms with Gasteiger partial charge in [-0.1, -0.05) is 18.2 Å². The Labute approximate surface area is 110 Å². The van der Waals surface area contributed by atoms with Crippen molar-refractivity contribution in [3.05, 3.63) is 35.9 Å². The Balaban J connectivity index is 1.80. The number of halogens is 2. The summed E-state index contributed by atoms with van der Waals surface area (Å²) in [6.07, 6.45) is 0. The van der Waals surface area contributed by atoms with Gasteiger partial charge in [-0.15, -0.1) is 0 Å². The van der Waals surface area contributed by atoms with Crippen LogP contribution in [0.5, 0.6) is 0 Å². The fourth-order valence-corrected chi connectivity index (χ4v) is 2.95. The van der Waals surface area contributed by atoms with Crippen LogP contribution in [0.15, 0.2) is 30.3 Å². The lowest BCUT2D eigenvalue weighted by atomic mass is 9.81. The Morgan fingerprint density at radius 1 is 1.16 bits per heavy atom. The molecule has 1 aromatic rings.